The van der Waals surface area contributed by atoms with Crippen molar-refractivity contribution in [1.29, 1.82) is 0 Å². The average Bonchev–Trinajstić information content (AvgIpc) is 3.86. The first-order valence-electron chi connectivity index (χ1n) is 26.0. The van der Waals surface area contributed by atoms with Gasteiger partial charge in [-0.2, -0.15) is 26.3 Å². The lowest BCUT2D eigenvalue weighted by Crippen LogP contribution is -2.37. The molecule has 2 heterocycles. The van der Waals surface area contributed by atoms with Gasteiger partial charge in [0, 0.05) is 32.9 Å². The third kappa shape index (κ3) is 8.88. The van der Waals surface area contributed by atoms with Crippen molar-refractivity contribution < 1.29 is 26.3 Å². The van der Waals surface area contributed by atoms with Crippen LogP contribution in [0.15, 0.2) is 158 Å². The summed E-state index contributed by atoms with van der Waals surface area (Å²) in [5.74, 6) is 0. The van der Waals surface area contributed by atoms with Gasteiger partial charge in [0.25, 0.3) is 0 Å². The van der Waals surface area contributed by atoms with E-state index in [2.05, 4.69) is 197 Å². The number of nitrogens with zero attached hydrogens (tertiary/aromatic N) is 2. The predicted molar refractivity (Wildman–Crippen MR) is 323 cm³/mol. The summed E-state index contributed by atoms with van der Waals surface area (Å²) in [7, 11) is -6.94. The first-order chi connectivity index (χ1) is 35.5. The number of rotatable bonds is 8. The van der Waals surface area contributed by atoms with Crippen LogP contribution in [0.3, 0.4) is 0 Å². The number of alkyl halides is 6. The van der Waals surface area contributed by atoms with Crippen molar-refractivity contribution in [3.8, 4) is 33.6 Å². The van der Waals surface area contributed by atoms with Gasteiger partial charge in [-0.05, 0) is 117 Å². The second-order valence-electron chi connectivity index (χ2n) is 25.0. The van der Waals surface area contributed by atoms with Gasteiger partial charge in [0.15, 0.2) is 0 Å². The lowest BCUT2D eigenvalue weighted by atomic mass is 9.85. The van der Waals surface area contributed by atoms with Crippen LogP contribution in [0.25, 0.3) is 98.8 Å². The Kier molecular flexibility index (Phi) is 11.9. The Hall–Kier alpha value is -6.45. The molecule has 9 aromatic carbocycles. The standard InChI is InChI=1S/C64H62F6N2Si4/c1-73(2,3)45-23-29-57-51(35-45)52-36-46(74(4,5)6)24-30-58(52)71(57)43-21-27-49-55(33-43)61(39-13-17-41(18-14-39)63(65,66)67)50-28-22-44(34-56(50)62(49)40-15-19-42(20-16-40)64(68,69)70)72-59-31-25-47(75(7,8)9)37-53(59)54-38-48(76(10,11)12)26-32-60(54)72/h13-38H,1-12H3. The maximum Gasteiger partial charge on any atom is 0.416 e. The van der Waals surface area contributed by atoms with Crippen LogP contribution in [-0.2, 0) is 12.4 Å². The number of aromatic nitrogens is 2. The Morgan fingerprint density at radius 2 is 0.539 bits per heavy atom. The quantitative estimate of drug-likeness (QED) is 0.0815. The molecule has 0 spiro atoms. The van der Waals surface area contributed by atoms with E-state index in [4.69, 9.17) is 0 Å². The number of hydrogen-bond acceptors (Lipinski definition) is 0. The molecule has 0 fully saturated rings. The van der Waals surface area contributed by atoms with Crippen LogP contribution in [0.5, 0.6) is 0 Å². The molecule has 0 saturated heterocycles. The maximum absolute atomic E-state index is 14.3. The van der Waals surface area contributed by atoms with E-state index in [9.17, 15) is 26.3 Å². The highest BCUT2D eigenvalue weighted by Crippen LogP contribution is 2.47. The first kappa shape index (κ1) is 51.6. The zero-order chi connectivity index (χ0) is 54.4. The summed E-state index contributed by atoms with van der Waals surface area (Å²) in [4.78, 5) is 0. The van der Waals surface area contributed by atoms with Gasteiger partial charge in [0.2, 0.25) is 0 Å². The summed E-state index contributed by atoms with van der Waals surface area (Å²) in [6.45, 7) is 28.2. The van der Waals surface area contributed by atoms with Gasteiger partial charge in [-0.25, -0.2) is 0 Å². The van der Waals surface area contributed by atoms with Crippen molar-refractivity contribution >= 4 is 118 Å². The minimum absolute atomic E-state index is 0.586. The van der Waals surface area contributed by atoms with Crippen LogP contribution in [0.2, 0.25) is 78.6 Å². The summed E-state index contributed by atoms with van der Waals surface area (Å²) in [5, 5.41) is 13.1. The fourth-order valence-electron chi connectivity index (χ4n) is 11.2. The molecule has 0 bridgehead atoms. The molecular weight excluding hydrogens is 1020 g/mol. The molecule has 0 radical (unpaired) electrons. The molecule has 2 nitrogen and oxygen atoms in total. The van der Waals surface area contributed by atoms with Crippen molar-refractivity contribution in [2.75, 3.05) is 0 Å². The van der Waals surface area contributed by atoms with E-state index in [0.29, 0.717) is 11.1 Å². The SMILES string of the molecule is C[Si](C)(C)c1ccc2c(c1)c1cc([Si](C)(C)C)ccc1n2-c1ccc2c(-c3ccc(C(F)(F)F)cc3)c3cc(-n4c5ccc([Si](C)(C)C)cc5c5cc([Si](C)(C)C)ccc54)ccc3c(-c3ccc(C(F)(F)F)cc3)c2c1. The zero-order valence-electron chi connectivity index (χ0n) is 45.2. The molecular formula is C64H62F6N2Si4. The molecule has 0 unspecified atom stereocenters. The third-order valence-corrected chi connectivity index (χ3v) is 23.8. The fraction of sp³-hybridized carbons (Fsp3) is 0.219. The largest absolute Gasteiger partial charge is 0.416 e. The Balaban J connectivity index is 1.26. The van der Waals surface area contributed by atoms with Crippen LogP contribution in [-0.4, -0.2) is 41.4 Å². The van der Waals surface area contributed by atoms with Crippen molar-refractivity contribution in [2.45, 2.75) is 90.9 Å². The van der Waals surface area contributed by atoms with Gasteiger partial charge in [-0.1, -0.05) is 184 Å². The van der Waals surface area contributed by atoms with Gasteiger partial charge in [0.1, 0.15) is 0 Å². The van der Waals surface area contributed by atoms with Crippen LogP contribution in [0.1, 0.15) is 11.1 Å². The molecule has 11 rings (SSSR count). The minimum atomic E-state index is -4.55. The normalized spacial score (nSPS) is 13.4. The molecule has 12 heteroatoms. The molecule has 0 amide bonds. The summed E-state index contributed by atoms with van der Waals surface area (Å²) >= 11 is 0. The van der Waals surface area contributed by atoms with Gasteiger partial charge < -0.3 is 9.13 Å². The Morgan fingerprint density at radius 1 is 0.276 bits per heavy atom. The summed E-state index contributed by atoms with van der Waals surface area (Å²) in [6, 6.07) is 50.6. The lowest BCUT2D eigenvalue weighted by molar-refractivity contribution is -0.138. The molecule has 0 N–H and O–H groups in total. The monoisotopic (exact) mass is 1080 g/mol. The molecule has 0 atom stereocenters. The van der Waals surface area contributed by atoms with Crippen LogP contribution >= 0.6 is 0 Å². The zero-order valence-corrected chi connectivity index (χ0v) is 49.2. The third-order valence-electron chi connectivity index (χ3n) is 15.6. The van der Waals surface area contributed by atoms with Crippen molar-refractivity contribution in [3.63, 3.8) is 0 Å². The molecule has 386 valence electrons. The van der Waals surface area contributed by atoms with E-state index >= 15 is 0 Å². The number of benzene rings is 9. The van der Waals surface area contributed by atoms with Gasteiger partial charge in [0.05, 0.1) is 65.5 Å². The topological polar surface area (TPSA) is 9.86 Å². The number of fused-ring (bicyclic) bond motifs is 8. The van der Waals surface area contributed by atoms with Gasteiger partial charge in [-0.3, -0.25) is 0 Å². The van der Waals surface area contributed by atoms with E-state index in [1.165, 1.54) is 20.7 Å². The van der Waals surface area contributed by atoms with Gasteiger partial charge >= 0.3 is 12.4 Å². The van der Waals surface area contributed by atoms with E-state index in [1.807, 2.05) is 0 Å². The minimum Gasteiger partial charge on any atom is -0.309 e. The Labute approximate surface area is 444 Å². The van der Waals surface area contributed by atoms with E-state index in [-0.39, 0.29) is 0 Å². The van der Waals surface area contributed by atoms with Crippen molar-refractivity contribution in [2.24, 2.45) is 0 Å². The highest BCUT2D eigenvalue weighted by atomic mass is 28.3. The summed E-state index contributed by atoms with van der Waals surface area (Å²) in [5.41, 5.74) is 6.98. The Bertz CT molecular complexity index is 3740. The highest BCUT2D eigenvalue weighted by Gasteiger charge is 2.32. The van der Waals surface area contributed by atoms with Crippen molar-refractivity contribution in [3.05, 3.63) is 169 Å². The van der Waals surface area contributed by atoms with Gasteiger partial charge in [-0.15, -0.1) is 0 Å². The van der Waals surface area contributed by atoms with E-state index < -0.39 is 55.8 Å². The molecule has 0 aliphatic carbocycles. The molecule has 0 saturated carbocycles. The summed E-state index contributed by atoms with van der Waals surface area (Å²) in [6.07, 6.45) is -9.10. The van der Waals surface area contributed by atoms with Crippen LogP contribution < -0.4 is 20.7 Å². The van der Waals surface area contributed by atoms with Crippen molar-refractivity contribution in [1.82, 2.24) is 9.13 Å². The molecule has 11 aromatic rings. The highest BCUT2D eigenvalue weighted by molar-refractivity contribution is 6.90. The number of hydrogen-bond donors (Lipinski definition) is 0. The Morgan fingerprint density at radius 3 is 0.776 bits per heavy atom. The molecule has 76 heavy (non-hydrogen) atoms. The molecule has 0 aliphatic rings. The smallest absolute Gasteiger partial charge is 0.309 e. The fourth-order valence-corrected chi connectivity index (χ4v) is 15.9. The summed E-state index contributed by atoms with van der Waals surface area (Å²) < 4.78 is 90.4. The first-order valence-corrected chi connectivity index (χ1v) is 40.0. The second kappa shape index (κ2) is 17.5. The predicted octanol–water partition coefficient (Wildman–Crippen LogP) is 17.7. The van der Waals surface area contributed by atoms with Crippen LogP contribution in [0.4, 0.5) is 26.3 Å². The van der Waals surface area contributed by atoms with E-state index in [0.717, 1.165) is 112 Å². The molecule has 0 aliphatic heterocycles. The second-order valence-corrected chi connectivity index (χ2v) is 45.3. The van der Waals surface area contributed by atoms with Crippen LogP contribution in [0, 0.1) is 0 Å². The lowest BCUT2D eigenvalue weighted by Gasteiger charge is -2.21. The average molecular weight is 1090 g/mol. The number of halogens is 6. The molecule has 2 aromatic heterocycles. The maximum atomic E-state index is 14.3. The van der Waals surface area contributed by atoms with E-state index in [1.54, 1.807) is 24.3 Å².